The summed E-state index contributed by atoms with van der Waals surface area (Å²) in [7, 11) is 0. The first-order valence-electron chi connectivity index (χ1n) is 14.2. The van der Waals surface area contributed by atoms with Crippen LogP contribution in [0.1, 0.15) is 42.4 Å². The molecule has 7 rings (SSSR count). The molecule has 0 aliphatic carbocycles. The Morgan fingerprint density at radius 1 is 1.00 bits per heavy atom. The van der Waals surface area contributed by atoms with Crippen LogP contribution in [0.4, 0.5) is 5.69 Å². The van der Waals surface area contributed by atoms with Crippen molar-refractivity contribution >= 4 is 16.9 Å². The Labute approximate surface area is 233 Å². The second-order valence-electron chi connectivity index (χ2n) is 11.4. The van der Waals surface area contributed by atoms with Crippen LogP contribution in [0.15, 0.2) is 48.5 Å². The van der Waals surface area contributed by atoms with Crippen LogP contribution in [0.2, 0.25) is 0 Å². The van der Waals surface area contributed by atoms with Gasteiger partial charge >= 0.3 is 0 Å². The smallest absolute Gasteiger partial charge is 0.205 e. The highest BCUT2D eigenvalue weighted by molar-refractivity contribution is 5.83. The molecule has 2 fully saturated rings. The van der Waals surface area contributed by atoms with Crippen molar-refractivity contribution in [1.82, 2.24) is 35.2 Å². The number of hydrogen-bond acceptors (Lipinski definition) is 7. The van der Waals surface area contributed by atoms with Crippen LogP contribution in [0, 0.1) is 19.3 Å². The molecule has 9 nitrogen and oxygen atoms in total. The summed E-state index contributed by atoms with van der Waals surface area (Å²) in [5, 5.41) is 15.0. The fourth-order valence-corrected chi connectivity index (χ4v) is 6.42. The van der Waals surface area contributed by atoms with E-state index in [1.807, 2.05) is 6.92 Å². The van der Waals surface area contributed by atoms with Gasteiger partial charge in [-0.05, 0) is 78.4 Å². The van der Waals surface area contributed by atoms with E-state index in [2.05, 4.69) is 92.5 Å². The van der Waals surface area contributed by atoms with Gasteiger partial charge in [-0.25, -0.2) is 9.97 Å². The molecule has 2 aliphatic heterocycles. The normalized spacial score (nSPS) is 18.9. The Bertz CT molecular complexity index is 1670. The molecule has 0 saturated carbocycles. The van der Waals surface area contributed by atoms with E-state index in [0.717, 1.165) is 85.1 Å². The number of H-pyrrole nitrogens is 1. The van der Waals surface area contributed by atoms with E-state index in [0.29, 0.717) is 11.2 Å². The molecular formula is C31H34N8O. The Morgan fingerprint density at radius 2 is 1.88 bits per heavy atom. The summed E-state index contributed by atoms with van der Waals surface area (Å²) < 4.78 is 8.02. The van der Waals surface area contributed by atoms with Gasteiger partial charge in [0.05, 0.1) is 13.2 Å². The molecule has 9 heteroatoms. The topological polar surface area (TPSA) is 97.6 Å². The van der Waals surface area contributed by atoms with Gasteiger partial charge in [-0.2, -0.15) is 5.21 Å². The van der Waals surface area contributed by atoms with Gasteiger partial charge < -0.3 is 14.2 Å². The average molecular weight is 535 g/mol. The number of nitrogens with one attached hydrogen (secondary N) is 1. The van der Waals surface area contributed by atoms with Gasteiger partial charge in [0, 0.05) is 48.5 Å². The zero-order chi connectivity index (χ0) is 27.3. The van der Waals surface area contributed by atoms with Crippen molar-refractivity contribution in [3.63, 3.8) is 0 Å². The number of benzene rings is 2. The van der Waals surface area contributed by atoms with Crippen LogP contribution >= 0.6 is 0 Å². The molecule has 1 atom stereocenters. The zero-order valence-electron chi connectivity index (χ0n) is 23.3. The third kappa shape index (κ3) is 4.34. The molecule has 0 radical (unpaired) electrons. The molecular weight excluding hydrogens is 500 g/mol. The SMILES string of the molecule is CCc1nc2c(C)cc(C)nc2n1Cc1ccc(-c2cc(N3CCC4(CCOC4)C3)ccc2-c2nn[nH]n2)cc1. The van der Waals surface area contributed by atoms with Crippen molar-refractivity contribution in [2.45, 2.75) is 46.6 Å². The lowest BCUT2D eigenvalue weighted by Gasteiger charge is -2.24. The lowest BCUT2D eigenvalue weighted by Crippen LogP contribution is -2.27. The standard InChI is InChI=1S/C31H34N8O/c1-4-27-33-28-20(2)15-21(3)32-30(28)39(27)17-22-5-7-23(8-6-22)26-16-24(9-10-25(26)29-34-36-37-35-29)38-13-11-31(18-38)12-14-40-19-31/h5-10,15-16H,4,11-14,17-19H2,1-3H3,(H,34,35,36,37). The number of pyridine rings is 1. The van der Waals surface area contributed by atoms with Crippen LogP contribution < -0.4 is 4.90 Å². The maximum Gasteiger partial charge on any atom is 0.205 e. The van der Waals surface area contributed by atoms with Crippen molar-refractivity contribution in [3.8, 4) is 22.5 Å². The number of aryl methyl sites for hydroxylation is 3. The lowest BCUT2D eigenvalue weighted by molar-refractivity contribution is 0.160. The summed E-state index contributed by atoms with van der Waals surface area (Å²) in [4.78, 5) is 12.3. The third-order valence-electron chi connectivity index (χ3n) is 8.60. The number of imidazole rings is 1. The zero-order valence-corrected chi connectivity index (χ0v) is 23.3. The number of anilines is 1. The predicted molar refractivity (Wildman–Crippen MR) is 155 cm³/mol. The van der Waals surface area contributed by atoms with Crippen LogP contribution in [-0.2, 0) is 17.7 Å². The van der Waals surface area contributed by atoms with E-state index in [-0.39, 0.29) is 0 Å². The highest BCUT2D eigenvalue weighted by Crippen LogP contribution is 2.42. The molecule has 2 saturated heterocycles. The van der Waals surface area contributed by atoms with Gasteiger partial charge in [0.1, 0.15) is 11.3 Å². The number of tetrazole rings is 1. The molecule has 0 amide bonds. The van der Waals surface area contributed by atoms with Crippen LogP contribution in [0.25, 0.3) is 33.7 Å². The largest absolute Gasteiger partial charge is 0.381 e. The molecule has 0 bridgehead atoms. The first-order valence-corrected chi connectivity index (χ1v) is 14.2. The van der Waals surface area contributed by atoms with Crippen LogP contribution in [0.5, 0.6) is 0 Å². The Morgan fingerprint density at radius 3 is 2.62 bits per heavy atom. The van der Waals surface area contributed by atoms with E-state index >= 15 is 0 Å². The molecule has 5 heterocycles. The van der Waals surface area contributed by atoms with Gasteiger partial charge in [-0.1, -0.05) is 31.2 Å². The van der Waals surface area contributed by atoms with E-state index < -0.39 is 0 Å². The molecule has 5 aromatic rings. The number of rotatable bonds is 6. The third-order valence-corrected chi connectivity index (χ3v) is 8.60. The highest BCUT2D eigenvalue weighted by atomic mass is 16.5. The van der Waals surface area contributed by atoms with Crippen molar-refractivity contribution in [2.75, 3.05) is 31.2 Å². The van der Waals surface area contributed by atoms with Crippen LogP contribution in [0.3, 0.4) is 0 Å². The second kappa shape index (κ2) is 9.82. The summed E-state index contributed by atoms with van der Waals surface area (Å²) in [5.41, 5.74) is 10.1. The van der Waals surface area contributed by atoms with Gasteiger partial charge in [0.25, 0.3) is 0 Å². The first kappa shape index (κ1) is 24.9. The quantitative estimate of drug-likeness (QED) is 0.323. The lowest BCUT2D eigenvalue weighted by atomic mass is 9.87. The fraction of sp³-hybridized carbons (Fsp3) is 0.387. The molecule has 1 N–H and O–H groups in total. The van der Waals surface area contributed by atoms with Gasteiger partial charge in [-0.15, -0.1) is 10.2 Å². The van der Waals surface area contributed by atoms with E-state index in [4.69, 9.17) is 14.7 Å². The number of ether oxygens (including phenoxy) is 1. The molecule has 1 unspecified atom stereocenters. The number of fused-ring (bicyclic) bond motifs is 1. The molecule has 3 aromatic heterocycles. The maximum absolute atomic E-state index is 5.76. The van der Waals surface area contributed by atoms with Crippen molar-refractivity contribution in [1.29, 1.82) is 0 Å². The monoisotopic (exact) mass is 534 g/mol. The number of nitrogens with zero attached hydrogens (tertiary/aromatic N) is 7. The summed E-state index contributed by atoms with van der Waals surface area (Å²) in [5.74, 6) is 1.66. The van der Waals surface area contributed by atoms with Gasteiger partial charge in [-0.3, -0.25) is 0 Å². The van der Waals surface area contributed by atoms with E-state index in [1.165, 1.54) is 23.2 Å². The highest BCUT2D eigenvalue weighted by Gasteiger charge is 2.41. The Balaban J connectivity index is 1.22. The summed E-state index contributed by atoms with van der Waals surface area (Å²) in [6.45, 7) is 10.9. The average Bonchev–Trinajstić information content (AvgIpc) is 3.78. The van der Waals surface area contributed by atoms with Gasteiger partial charge in [0.15, 0.2) is 5.65 Å². The maximum atomic E-state index is 5.76. The number of aromatic amines is 1. The molecule has 2 aromatic carbocycles. The minimum atomic E-state index is 0.301. The predicted octanol–water partition coefficient (Wildman–Crippen LogP) is 5.12. The number of hydrogen-bond donors (Lipinski definition) is 1. The fourth-order valence-electron chi connectivity index (χ4n) is 6.42. The summed E-state index contributed by atoms with van der Waals surface area (Å²) >= 11 is 0. The van der Waals surface area contributed by atoms with E-state index in [9.17, 15) is 0 Å². The molecule has 1 spiro atoms. The molecule has 40 heavy (non-hydrogen) atoms. The Hall–Kier alpha value is -4.11. The Kier molecular flexibility index (Phi) is 6.11. The van der Waals surface area contributed by atoms with Crippen molar-refractivity contribution in [3.05, 3.63) is 71.2 Å². The minimum Gasteiger partial charge on any atom is -0.381 e. The van der Waals surface area contributed by atoms with E-state index in [1.54, 1.807) is 0 Å². The molecule has 2 aliphatic rings. The number of aromatic nitrogens is 7. The van der Waals surface area contributed by atoms with Gasteiger partial charge in [0.2, 0.25) is 5.82 Å². The van der Waals surface area contributed by atoms with Crippen molar-refractivity contribution in [2.24, 2.45) is 5.41 Å². The summed E-state index contributed by atoms with van der Waals surface area (Å²) in [6.07, 6.45) is 3.19. The van der Waals surface area contributed by atoms with Crippen LogP contribution in [-0.4, -0.2) is 61.5 Å². The minimum absolute atomic E-state index is 0.301. The molecule has 204 valence electrons. The second-order valence-corrected chi connectivity index (χ2v) is 11.4. The summed E-state index contributed by atoms with van der Waals surface area (Å²) in [6, 6.07) is 17.5. The first-order chi connectivity index (χ1) is 19.5. The van der Waals surface area contributed by atoms with Crippen molar-refractivity contribution < 1.29 is 4.74 Å².